The maximum absolute atomic E-state index is 13.4. The predicted octanol–water partition coefficient (Wildman–Crippen LogP) is 2.90. The van der Waals surface area contributed by atoms with Gasteiger partial charge >= 0.3 is 0 Å². The van der Waals surface area contributed by atoms with Crippen LogP contribution in [0.2, 0.25) is 0 Å². The molecule has 8 heteroatoms. The summed E-state index contributed by atoms with van der Waals surface area (Å²) in [6.07, 6.45) is 1.52. The Hall–Kier alpha value is -2.09. The Kier molecular flexibility index (Phi) is 4.00. The first-order chi connectivity index (χ1) is 9.08. The van der Waals surface area contributed by atoms with E-state index in [2.05, 4.69) is 31.4 Å². The third kappa shape index (κ3) is 3.22. The van der Waals surface area contributed by atoms with Gasteiger partial charge in [-0.05, 0) is 28.1 Å². The number of rotatable bonds is 4. The Morgan fingerprint density at radius 2 is 2.26 bits per heavy atom. The van der Waals surface area contributed by atoms with Crippen molar-refractivity contribution in [3.05, 3.63) is 56.6 Å². The minimum Gasteiger partial charge on any atom is -0.374 e. The average molecular weight is 327 g/mol. The number of nitro benzene ring substituents is 1. The normalized spacial score (nSPS) is 10.2. The van der Waals surface area contributed by atoms with Crippen LogP contribution in [0, 0.1) is 15.9 Å². The van der Waals surface area contributed by atoms with Gasteiger partial charge in [0, 0.05) is 18.3 Å². The van der Waals surface area contributed by atoms with Gasteiger partial charge < -0.3 is 5.32 Å². The molecule has 2 rings (SSSR count). The van der Waals surface area contributed by atoms with Crippen molar-refractivity contribution >= 4 is 27.3 Å². The van der Waals surface area contributed by atoms with Crippen LogP contribution in [-0.4, -0.2) is 15.1 Å². The van der Waals surface area contributed by atoms with E-state index in [1.165, 1.54) is 6.20 Å². The Morgan fingerprint density at radius 1 is 1.47 bits per heavy atom. The number of benzene rings is 1. The van der Waals surface area contributed by atoms with Crippen LogP contribution in [0.25, 0.3) is 0 Å². The number of halogens is 2. The van der Waals surface area contributed by atoms with Gasteiger partial charge in [0.1, 0.15) is 11.5 Å². The van der Waals surface area contributed by atoms with E-state index in [1.54, 1.807) is 12.1 Å². The molecule has 0 saturated heterocycles. The molecule has 98 valence electrons. The van der Waals surface area contributed by atoms with Crippen LogP contribution < -0.4 is 5.32 Å². The Bertz CT molecular complexity index is 609. The number of aromatic nitrogens is 2. The Morgan fingerprint density at radius 3 is 2.89 bits per heavy atom. The first-order valence-electron chi connectivity index (χ1n) is 5.22. The van der Waals surface area contributed by atoms with Crippen molar-refractivity contribution < 1.29 is 9.31 Å². The lowest BCUT2D eigenvalue weighted by atomic mass is 10.2. The number of nitrogens with zero attached hydrogens (tertiary/aromatic N) is 3. The van der Waals surface area contributed by atoms with Crippen molar-refractivity contribution in [2.24, 2.45) is 0 Å². The van der Waals surface area contributed by atoms with Crippen LogP contribution in [-0.2, 0) is 6.54 Å². The van der Waals surface area contributed by atoms with E-state index in [1.807, 2.05) is 0 Å². The number of hydrogen-bond acceptors (Lipinski definition) is 5. The third-order valence-corrected chi connectivity index (χ3v) is 2.93. The Labute approximate surface area is 115 Å². The third-order valence-electron chi connectivity index (χ3n) is 2.32. The van der Waals surface area contributed by atoms with Crippen molar-refractivity contribution in [3.63, 3.8) is 0 Å². The first kappa shape index (κ1) is 13.3. The fourth-order valence-corrected chi connectivity index (χ4v) is 1.77. The molecule has 1 aromatic carbocycles. The molecule has 19 heavy (non-hydrogen) atoms. The van der Waals surface area contributed by atoms with E-state index in [4.69, 9.17) is 0 Å². The van der Waals surface area contributed by atoms with E-state index in [-0.39, 0.29) is 22.4 Å². The molecule has 1 N–H and O–H groups in total. The van der Waals surface area contributed by atoms with E-state index in [0.29, 0.717) is 5.69 Å². The van der Waals surface area contributed by atoms with Crippen molar-refractivity contribution in [1.82, 2.24) is 10.2 Å². The molecule has 0 unspecified atom stereocenters. The summed E-state index contributed by atoms with van der Waals surface area (Å²) in [6.45, 7) is 0.218. The van der Waals surface area contributed by atoms with Crippen LogP contribution in [0.15, 0.2) is 34.9 Å². The SMILES string of the molecule is O=[N+]([O-])c1cc(Br)c(F)cc1NCc1cccnn1. The highest BCUT2D eigenvalue weighted by Gasteiger charge is 2.17. The molecule has 1 heterocycles. The monoisotopic (exact) mass is 326 g/mol. The van der Waals surface area contributed by atoms with E-state index >= 15 is 0 Å². The second-order valence-electron chi connectivity index (χ2n) is 3.61. The zero-order chi connectivity index (χ0) is 13.8. The smallest absolute Gasteiger partial charge is 0.293 e. The number of nitrogens with one attached hydrogen (secondary N) is 1. The van der Waals surface area contributed by atoms with Crippen LogP contribution in [0.3, 0.4) is 0 Å². The standard InChI is InChI=1S/C11H8BrFN4O2/c12-8-4-11(17(18)19)10(5-9(8)13)14-6-7-2-1-3-15-16-7/h1-5,14H,6H2. The molecule has 0 aliphatic rings. The van der Waals surface area contributed by atoms with Gasteiger partial charge in [0.25, 0.3) is 5.69 Å². The van der Waals surface area contributed by atoms with Gasteiger partial charge in [-0.25, -0.2) is 4.39 Å². The van der Waals surface area contributed by atoms with Gasteiger partial charge in [-0.2, -0.15) is 10.2 Å². The number of hydrogen-bond donors (Lipinski definition) is 1. The van der Waals surface area contributed by atoms with Crippen LogP contribution in [0.1, 0.15) is 5.69 Å². The largest absolute Gasteiger partial charge is 0.374 e. The van der Waals surface area contributed by atoms with Gasteiger partial charge in [0.2, 0.25) is 0 Å². The predicted molar refractivity (Wildman–Crippen MR) is 70.1 cm³/mol. The molecule has 2 aromatic rings. The molecule has 1 aromatic heterocycles. The van der Waals surface area contributed by atoms with Crippen LogP contribution in [0.5, 0.6) is 0 Å². The quantitative estimate of drug-likeness (QED) is 0.690. The van der Waals surface area contributed by atoms with E-state index < -0.39 is 10.7 Å². The summed E-state index contributed by atoms with van der Waals surface area (Å²) in [5, 5.41) is 21.2. The zero-order valence-corrected chi connectivity index (χ0v) is 11.1. The van der Waals surface area contributed by atoms with Gasteiger partial charge in [0.05, 0.1) is 21.6 Å². The molecule has 0 amide bonds. The highest BCUT2D eigenvalue weighted by Crippen LogP contribution is 2.30. The maximum Gasteiger partial charge on any atom is 0.293 e. The molecule has 0 atom stereocenters. The Balaban J connectivity index is 2.24. The summed E-state index contributed by atoms with van der Waals surface area (Å²) in [4.78, 5) is 10.3. The minimum absolute atomic E-state index is 0.0456. The number of anilines is 1. The lowest BCUT2D eigenvalue weighted by Crippen LogP contribution is -2.05. The van der Waals surface area contributed by atoms with Gasteiger partial charge in [-0.3, -0.25) is 10.1 Å². The van der Waals surface area contributed by atoms with Gasteiger partial charge in [-0.15, -0.1) is 0 Å². The fraction of sp³-hybridized carbons (Fsp3) is 0.0909. The lowest BCUT2D eigenvalue weighted by molar-refractivity contribution is -0.384. The summed E-state index contributed by atoms with van der Waals surface area (Å²) < 4.78 is 13.5. The van der Waals surface area contributed by atoms with Gasteiger partial charge in [0.15, 0.2) is 0 Å². The second-order valence-corrected chi connectivity index (χ2v) is 4.46. The highest BCUT2D eigenvalue weighted by molar-refractivity contribution is 9.10. The number of nitro groups is 1. The molecule has 6 nitrogen and oxygen atoms in total. The van der Waals surface area contributed by atoms with Crippen LogP contribution >= 0.6 is 15.9 Å². The minimum atomic E-state index is -0.580. The van der Waals surface area contributed by atoms with Crippen molar-refractivity contribution in [3.8, 4) is 0 Å². The maximum atomic E-state index is 13.4. The van der Waals surface area contributed by atoms with E-state index in [9.17, 15) is 14.5 Å². The topological polar surface area (TPSA) is 81.0 Å². The summed E-state index contributed by atoms with van der Waals surface area (Å²) >= 11 is 2.91. The fourth-order valence-electron chi connectivity index (χ4n) is 1.44. The average Bonchev–Trinajstić information content (AvgIpc) is 2.40. The van der Waals surface area contributed by atoms with Crippen LogP contribution in [0.4, 0.5) is 15.8 Å². The van der Waals surface area contributed by atoms with Crippen molar-refractivity contribution in [1.29, 1.82) is 0 Å². The molecular formula is C11H8BrFN4O2. The summed E-state index contributed by atoms with van der Waals surface area (Å²) in [7, 11) is 0. The molecule has 0 saturated carbocycles. The lowest BCUT2D eigenvalue weighted by Gasteiger charge is -2.07. The van der Waals surface area contributed by atoms with Crippen molar-refractivity contribution in [2.45, 2.75) is 6.54 Å². The molecule has 0 fully saturated rings. The van der Waals surface area contributed by atoms with Gasteiger partial charge in [-0.1, -0.05) is 0 Å². The summed E-state index contributed by atoms with van der Waals surface area (Å²) in [5.41, 5.74) is 0.480. The second kappa shape index (κ2) is 5.70. The highest BCUT2D eigenvalue weighted by atomic mass is 79.9. The molecule has 0 aliphatic heterocycles. The summed E-state index contributed by atoms with van der Waals surface area (Å²) in [5.74, 6) is -0.577. The molecular weight excluding hydrogens is 319 g/mol. The van der Waals surface area contributed by atoms with E-state index in [0.717, 1.165) is 12.1 Å². The molecule has 0 bridgehead atoms. The first-order valence-corrected chi connectivity index (χ1v) is 6.01. The molecule has 0 aliphatic carbocycles. The molecule has 0 radical (unpaired) electrons. The summed E-state index contributed by atoms with van der Waals surface area (Å²) in [6, 6.07) is 5.59. The van der Waals surface area contributed by atoms with Crippen molar-refractivity contribution in [2.75, 3.05) is 5.32 Å². The zero-order valence-electron chi connectivity index (χ0n) is 9.51. The molecule has 0 spiro atoms.